The minimum absolute atomic E-state index is 0.244. The van der Waals surface area contributed by atoms with Crippen molar-refractivity contribution in [2.75, 3.05) is 13.1 Å². The predicted molar refractivity (Wildman–Crippen MR) is 72.9 cm³/mol. The summed E-state index contributed by atoms with van der Waals surface area (Å²) in [6.45, 7) is 6.19. The predicted octanol–water partition coefficient (Wildman–Crippen LogP) is 1.05. The molecule has 6 nitrogen and oxygen atoms in total. The van der Waals surface area contributed by atoms with Gasteiger partial charge in [0.1, 0.15) is 6.04 Å². The lowest BCUT2D eigenvalue weighted by Crippen LogP contribution is -2.51. The van der Waals surface area contributed by atoms with Gasteiger partial charge in [-0.15, -0.1) is 0 Å². The molecule has 2 N–H and O–H groups in total. The number of carboxylic acid groups (broad SMARTS) is 1. The van der Waals surface area contributed by atoms with Crippen molar-refractivity contribution in [1.29, 1.82) is 0 Å². The molecule has 0 aromatic heterocycles. The van der Waals surface area contributed by atoms with Crippen LogP contribution in [-0.2, 0) is 15.0 Å². The molecule has 0 unspecified atom stereocenters. The molecule has 1 fully saturated rings. The molecule has 112 valence electrons. The van der Waals surface area contributed by atoms with Gasteiger partial charge in [-0.2, -0.15) is 17.4 Å². The van der Waals surface area contributed by atoms with E-state index in [0.717, 1.165) is 12.8 Å². The highest BCUT2D eigenvalue weighted by Crippen LogP contribution is 2.30. The van der Waals surface area contributed by atoms with Crippen LogP contribution in [0.25, 0.3) is 0 Å². The van der Waals surface area contributed by atoms with Gasteiger partial charge in [0.2, 0.25) is 0 Å². The minimum Gasteiger partial charge on any atom is -0.480 e. The number of carbonyl (C=O) groups is 1. The number of nitrogens with one attached hydrogen (secondary N) is 1. The SMILES string of the molecule is CC[C@H](C)[C@H](NS(=O)(=O)N(CC)CC1CC1)C(=O)O. The highest BCUT2D eigenvalue weighted by Gasteiger charge is 2.34. The Bertz CT molecular complexity index is 406. The summed E-state index contributed by atoms with van der Waals surface area (Å²) in [6.07, 6.45) is 2.72. The summed E-state index contributed by atoms with van der Waals surface area (Å²) in [5, 5.41) is 9.14. The first-order chi connectivity index (χ1) is 8.81. The van der Waals surface area contributed by atoms with Crippen LogP contribution in [0.1, 0.15) is 40.0 Å². The van der Waals surface area contributed by atoms with Gasteiger partial charge in [0.05, 0.1) is 0 Å². The van der Waals surface area contributed by atoms with E-state index in [4.69, 9.17) is 5.11 Å². The van der Waals surface area contributed by atoms with Crippen LogP contribution in [0, 0.1) is 11.8 Å². The molecule has 0 bridgehead atoms. The lowest BCUT2D eigenvalue weighted by molar-refractivity contribution is -0.140. The summed E-state index contributed by atoms with van der Waals surface area (Å²) in [7, 11) is -3.72. The molecule has 0 heterocycles. The van der Waals surface area contributed by atoms with Crippen LogP contribution in [-0.4, -0.2) is 42.9 Å². The Balaban J connectivity index is 2.75. The van der Waals surface area contributed by atoms with Gasteiger partial charge < -0.3 is 5.11 Å². The van der Waals surface area contributed by atoms with Crippen molar-refractivity contribution in [3.8, 4) is 0 Å². The Hall–Kier alpha value is -0.660. The molecule has 1 aliphatic rings. The smallest absolute Gasteiger partial charge is 0.322 e. The first kappa shape index (κ1) is 16.4. The number of nitrogens with zero attached hydrogens (tertiary/aromatic N) is 1. The Morgan fingerprint density at radius 2 is 2.00 bits per heavy atom. The molecule has 0 aromatic carbocycles. The number of hydrogen-bond acceptors (Lipinski definition) is 3. The number of rotatable bonds is 9. The van der Waals surface area contributed by atoms with Crippen molar-refractivity contribution in [1.82, 2.24) is 9.03 Å². The third-order valence-electron chi connectivity index (χ3n) is 3.61. The summed E-state index contributed by atoms with van der Waals surface area (Å²) < 4.78 is 28.1. The summed E-state index contributed by atoms with van der Waals surface area (Å²) in [5.41, 5.74) is 0. The third-order valence-corrected chi connectivity index (χ3v) is 5.25. The molecule has 0 aliphatic heterocycles. The Morgan fingerprint density at radius 3 is 2.37 bits per heavy atom. The van der Waals surface area contributed by atoms with Crippen LogP contribution in [0.4, 0.5) is 0 Å². The van der Waals surface area contributed by atoms with E-state index in [9.17, 15) is 13.2 Å². The molecule has 0 amide bonds. The third kappa shape index (κ3) is 4.74. The molecule has 1 rings (SSSR count). The van der Waals surface area contributed by atoms with Crippen molar-refractivity contribution in [2.24, 2.45) is 11.8 Å². The van der Waals surface area contributed by atoms with Gasteiger partial charge in [-0.05, 0) is 24.7 Å². The summed E-state index contributed by atoms with van der Waals surface area (Å²) in [4.78, 5) is 11.2. The van der Waals surface area contributed by atoms with E-state index in [1.165, 1.54) is 4.31 Å². The Morgan fingerprint density at radius 1 is 1.42 bits per heavy atom. The van der Waals surface area contributed by atoms with Gasteiger partial charge in [-0.3, -0.25) is 4.79 Å². The van der Waals surface area contributed by atoms with E-state index in [1.54, 1.807) is 13.8 Å². The van der Waals surface area contributed by atoms with Crippen molar-refractivity contribution >= 4 is 16.2 Å². The van der Waals surface area contributed by atoms with E-state index in [2.05, 4.69) is 4.72 Å². The van der Waals surface area contributed by atoms with E-state index in [1.807, 2.05) is 6.92 Å². The first-order valence-electron chi connectivity index (χ1n) is 6.82. The van der Waals surface area contributed by atoms with Gasteiger partial charge in [0.15, 0.2) is 0 Å². The van der Waals surface area contributed by atoms with Crippen molar-refractivity contribution in [3.63, 3.8) is 0 Å². The zero-order chi connectivity index (χ0) is 14.6. The van der Waals surface area contributed by atoms with Crippen LogP contribution in [0.2, 0.25) is 0 Å². The molecule has 7 heteroatoms. The maximum atomic E-state index is 12.2. The average molecular weight is 292 g/mol. The molecule has 0 aromatic rings. The summed E-state index contributed by atoms with van der Waals surface area (Å²) >= 11 is 0. The molecule has 1 aliphatic carbocycles. The molecule has 0 spiro atoms. The highest BCUT2D eigenvalue weighted by molar-refractivity contribution is 7.87. The maximum absolute atomic E-state index is 12.2. The number of aliphatic carboxylic acids is 1. The minimum atomic E-state index is -3.72. The molecular formula is C12H24N2O4S. The van der Waals surface area contributed by atoms with Gasteiger partial charge in [0, 0.05) is 13.1 Å². The second kappa shape index (κ2) is 6.67. The lowest BCUT2D eigenvalue weighted by atomic mass is 10.0. The standard InChI is InChI=1S/C12H24N2O4S/c1-4-9(3)11(12(15)16)13-19(17,18)14(5-2)8-10-6-7-10/h9-11,13H,4-8H2,1-3H3,(H,15,16)/t9-,11-/m0/s1. The second-order valence-electron chi connectivity index (χ2n) is 5.22. The largest absolute Gasteiger partial charge is 0.480 e. The molecule has 2 atom stereocenters. The van der Waals surface area contributed by atoms with Gasteiger partial charge in [-0.1, -0.05) is 27.2 Å². The van der Waals surface area contributed by atoms with Gasteiger partial charge in [0.25, 0.3) is 10.2 Å². The quantitative estimate of drug-likeness (QED) is 0.665. The summed E-state index contributed by atoms with van der Waals surface area (Å²) in [5.74, 6) is -0.935. The Kier molecular flexibility index (Phi) is 5.76. The van der Waals surface area contributed by atoms with E-state index < -0.39 is 22.2 Å². The number of hydrogen-bond donors (Lipinski definition) is 2. The molecule has 1 saturated carbocycles. The lowest BCUT2D eigenvalue weighted by Gasteiger charge is -2.25. The van der Waals surface area contributed by atoms with Crippen LogP contribution in [0.5, 0.6) is 0 Å². The van der Waals surface area contributed by atoms with E-state index >= 15 is 0 Å². The monoisotopic (exact) mass is 292 g/mol. The van der Waals surface area contributed by atoms with Crippen LogP contribution >= 0.6 is 0 Å². The molecule has 0 saturated heterocycles. The van der Waals surface area contributed by atoms with Crippen molar-refractivity contribution < 1.29 is 18.3 Å². The van der Waals surface area contributed by atoms with Crippen LogP contribution < -0.4 is 4.72 Å². The normalized spacial score (nSPS) is 19.4. The zero-order valence-corrected chi connectivity index (χ0v) is 12.6. The molecular weight excluding hydrogens is 268 g/mol. The topological polar surface area (TPSA) is 86.7 Å². The van der Waals surface area contributed by atoms with Crippen LogP contribution in [0.15, 0.2) is 0 Å². The fourth-order valence-electron chi connectivity index (χ4n) is 1.87. The zero-order valence-electron chi connectivity index (χ0n) is 11.8. The fraction of sp³-hybridized carbons (Fsp3) is 0.917. The molecule has 0 radical (unpaired) electrons. The Labute approximate surface area is 115 Å². The van der Waals surface area contributed by atoms with E-state index in [-0.39, 0.29) is 5.92 Å². The first-order valence-corrected chi connectivity index (χ1v) is 8.26. The highest BCUT2D eigenvalue weighted by atomic mass is 32.2. The maximum Gasteiger partial charge on any atom is 0.322 e. The fourth-order valence-corrected chi connectivity index (χ4v) is 3.42. The summed E-state index contributed by atoms with van der Waals surface area (Å²) in [6, 6.07) is -1.07. The number of carboxylic acids is 1. The second-order valence-corrected chi connectivity index (χ2v) is 6.92. The van der Waals surface area contributed by atoms with Crippen molar-refractivity contribution in [3.05, 3.63) is 0 Å². The average Bonchev–Trinajstić information content (AvgIpc) is 3.15. The van der Waals surface area contributed by atoms with E-state index in [0.29, 0.717) is 25.4 Å². The van der Waals surface area contributed by atoms with Gasteiger partial charge >= 0.3 is 5.97 Å². The van der Waals surface area contributed by atoms with Gasteiger partial charge in [-0.25, -0.2) is 0 Å². The molecule has 19 heavy (non-hydrogen) atoms. The van der Waals surface area contributed by atoms with Crippen molar-refractivity contribution in [2.45, 2.75) is 46.1 Å². The van der Waals surface area contributed by atoms with Crippen LogP contribution in [0.3, 0.4) is 0 Å².